The van der Waals surface area contributed by atoms with Gasteiger partial charge in [0, 0.05) is 6.54 Å². The number of rotatable bonds is 6. The van der Waals surface area contributed by atoms with Gasteiger partial charge in [0.25, 0.3) is 0 Å². The quantitative estimate of drug-likeness (QED) is 0.436. The van der Waals surface area contributed by atoms with Crippen molar-refractivity contribution in [1.29, 1.82) is 0 Å². The summed E-state index contributed by atoms with van der Waals surface area (Å²) in [5, 5.41) is 13.8. The third-order valence-corrected chi connectivity index (χ3v) is 2.07. The molecule has 0 spiro atoms. The van der Waals surface area contributed by atoms with E-state index in [1.165, 1.54) is 7.11 Å². The van der Waals surface area contributed by atoms with Crippen LogP contribution in [0.2, 0.25) is 0 Å². The Labute approximate surface area is 98.4 Å². The van der Waals surface area contributed by atoms with Gasteiger partial charge in [0.05, 0.1) is 12.0 Å². The number of ether oxygens (including phenoxy) is 1. The Morgan fingerprint density at radius 3 is 2.76 bits per heavy atom. The zero-order valence-electron chi connectivity index (χ0n) is 9.77. The molecule has 1 aromatic heterocycles. The molecule has 0 unspecified atom stereocenters. The maximum Gasteiger partial charge on any atom is 0.372 e. The van der Waals surface area contributed by atoms with Crippen LogP contribution in [0.3, 0.4) is 0 Å². The third kappa shape index (κ3) is 3.16. The van der Waals surface area contributed by atoms with Gasteiger partial charge in [-0.05, 0) is 6.42 Å². The molecule has 3 N–H and O–H groups in total. The van der Waals surface area contributed by atoms with Crippen molar-refractivity contribution in [3.05, 3.63) is 10.1 Å². The van der Waals surface area contributed by atoms with Crippen LogP contribution in [0.15, 0.2) is 0 Å². The summed E-state index contributed by atoms with van der Waals surface area (Å²) in [6, 6.07) is 0. The minimum atomic E-state index is -0.591. The Hall–Kier alpha value is -2.12. The number of hydrogen-bond donors (Lipinski definition) is 2. The number of nitrogens with two attached hydrogens (primary N) is 1. The molecule has 1 rings (SSSR count). The highest BCUT2D eigenvalue weighted by molar-refractivity contribution is 5.63. The number of hydrogen-bond acceptors (Lipinski definition) is 7. The lowest BCUT2D eigenvalue weighted by Gasteiger charge is -2.08. The number of nitrogen functional groups attached to an aromatic ring is 1. The SMILES string of the molecule is CCCCNc1nc(N)nc(OC)c1[N+](=O)[O-]. The molecule has 0 amide bonds. The van der Waals surface area contributed by atoms with Crippen LogP contribution in [0.5, 0.6) is 5.88 Å². The smallest absolute Gasteiger partial charge is 0.372 e. The van der Waals surface area contributed by atoms with Gasteiger partial charge in [0.15, 0.2) is 0 Å². The predicted octanol–water partition coefficient (Wildman–Crippen LogP) is 1.19. The van der Waals surface area contributed by atoms with Gasteiger partial charge in [0.1, 0.15) is 0 Å². The van der Waals surface area contributed by atoms with Gasteiger partial charge in [-0.25, -0.2) is 0 Å². The van der Waals surface area contributed by atoms with E-state index in [1.54, 1.807) is 0 Å². The normalized spacial score (nSPS) is 10.0. The van der Waals surface area contributed by atoms with Gasteiger partial charge in [-0.2, -0.15) is 9.97 Å². The van der Waals surface area contributed by atoms with Crippen molar-refractivity contribution in [3.8, 4) is 5.88 Å². The first kappa shape index (κ1) is 12.9. The largest absolute Gasteiger partial charge is 0.476 e. The molecule has 0 aromatic carbocycles. The Kier molecular flexibility index (Phi) is 4.44. The first-order chi connectivity index (χ1) is 8.10. The number of nitrogens with one attached hydrogen (secondary N) is 1. The number of unbranched alkanes of at least 4 members (excludes halogenated alkanes) is 1. The zero-order valence-corrected chi connectivity index (χ0v) is 9.77. The number of methoxy groups -OCH3 is 1. The van der Waals surface area contributed by atoms with E-state index in [0.717, 1.165) is 12.8 Å². The number of nitrogens with zero attached hydrogens (tertiary/aromatic N) is 3. The molecular formula is C9H15N5O3. The van der Waals surface area contributed by atoms with Crippen molar-refractivity contribution in [3.63, 3.8) is 0 Å². The predicted molar refractivity (Wildman–Crippen MR) is 63.0 cm³/mol. The van der Waals surface area contributed by atoms with E-state index in [0.29, 0.717) is 6.54 Å². The van der Waals surface area contributed by atoms with Crippen molar-refractivity contribution in [2.75, 3.05) is 24.7 Å². The number of aromatic nitrogens is 2. The molecule has 0 aliphatic heterocycles. The van der Waals surface area contributed by atoms with E-state index >= 15 is 0 Å². The van der Waals surface area contributed by atoms with Gasteiger partial charge in [-0.3, -0.25) is 10.1 Å². The molecule has 94 valence electrons. The highest BCUT2D eigenvalue weighted by Crippen LogP contribution is 2.31. The molecule has 0 radical (unpaired) electrons. The van der Waals surface area contributed by atoms with Crippen molar-refractivity contribution >= 4 is 17.5 Å². The number of nitro groups is 1. The molecule has 0 bridgehead atoms. The minimum absolute atomic E-state index is 0.0635. The molecule has 0 fully saturated rings. The van der Waals surface area contributed by atoms with Crippen LogP contribution in [-0.4, -0.2) is 28.5 Å². The minimum Gasteiger partial charge on any atom is -0.476 e. The maximum absolute atomic E-state index is 10.9. The van der Waals surface area contributed by atoms with Crippen LogP contribution in [0, 0.1) is 10.1 Å². The van der Waals surface area contributed by atoms with Crippen molar-refractivity contribution in [1.82, 2.24) is 9.97 Å². The molecule has 0 atom stereocenters. The fourth-order valence-corrected chi connectivity index (χ4v) is 1.26. The molecule has 1 heterocycles. The molecule has 0 aliphatic carbocycles. The topological polar surface area (TPSA) is 116 Å². The van der Waals surface area contributed by atoms with Crippen LogP contribution in [0.25, 0.3) is 0 Å². The van der Waals surface area contributed by atoms with Crippen LogP contribution in [0.1, 0.15) is 19.8 Å². The van der Waals surface area contributed by atoms with E-state index in [1.807, 2.05) is 6.92 Å². The standard InChI is InChI=1S/C9H15N5O3/c1-3-4-5-11-7-6(14(15)16)8(17-2)13-9(10)12-7/h3-5H2,1-2H3,(H3,10,11,12,13). The Balaban J connectivity index is 3.07. The Bertz CT molecular complexity index is 410. The van der Waals surface area contributed by atoms with Crippen molar-refractivity contribution in [2.45, 2.75) is 19.8 Å². The van der Waals surface area contributed by atoms with E-state index in [4.69, 9.17) is 10.5 Å². The summed E-state index contributed by atoms with van der Waals surface area (Å²) in [4.78, 5) is 17.8. The average molecular weight is 241 g/mol. The summed E-state index contributed by atoms with van der Waals surface area (Å²) in [5.74, 6) is -0.110. The average Bonchev–Trinajstić information content (AvgIpc) is 2.28. The lowest BCUT2D eigenvalue weighted by atomic mass is 10.3. The molecule has 0 saturated carbocycles. The van der Waals surface area contributed by atoms with Crippen LogP contribution < -0.4 is 15.8 Å². The fourth-order valence-electron chi connectivity index (χ4n) is 1.26. The fraction of sp³-hybridized carbons (Fsp3) is 0.556. The van der Waals surface area contributed by atoms with E-state index in [2.05, 4.69) is 15.3 Å². The van der Waals surface area contributed by atoms with E-state index in [-0.39, 0.29) is 23.3 Å². The Morgan fingerprint density at radius 1 is 1.53 bits per heavy atom. The third-order valence-electron chi connectivity index (χ3n) is 2.07. The lowest BCUT2D eigenvalue weighted by Crippen LogP contribution is -2.10. The van der Waals surface area contributed by atoms with Crippen LogP contribution >= 0.6 is 0 Å². The van der Waals surface area contributed by atoms with Crippen LogP contribution in [-0.2, 0) is 0 Å². The summed E-state index contributed by atoms with van der Waals surface area (Å²) in [6.07, 6.45) is 1.85. The molecular weight excluding hydrogens is 226 g/mol. The van der Waals surface area contributed by atoms with Gasteiger partial charge >= 0.3 is 11.6 Å². The zero-order chi connectivity index (χ0) is 12.8. The summed E-state index contributed by atoms with van der Waals surface area (Å²) in [6.45, 7) is 2.60. The molecule has 1 aromatic rings. The van der Waals surface area contributed by atoms with Gasteiger partial charge in [0.2, 0.25) is 11.8 Å². The Morgan fingerprint density at radius 2 is 2.24 bits per heavy atom. The summed E-state index contributed by atoms with van der Waals surface area (Å²) in [7, 11) is 1.30. The molecule has 0 aliphatic rings. The molecule has 17 heavy (non-hydrogen) atoms. The van der Waals surface area contributed by atoms with Crippen molar-refractivity contribution < 1.29 is 9.66 Å². The van der Waals surface area contributed by atoms with Gasteiger partial charge in [-0.15, -0.1) is 0 Å². The van der Waals surface area contributed by atoms with Crippen LogP contribution in [0.4, 0.5) is 17.5 Å². The lowest BCUT2D eigenvalue weighted by molar-refractivity contribution is -0.385. The summed E-state index contributed by atoms with van der Waals surface area (Å²) < 4.78 is 4.82. The maximum atomic E-state index is 10.9. The number of anilines is 2. The van der Waals surface area contributed by atoms with E-state index < -0.39 is 4.92 Å². The molecule has 8 nitrogen and oxygen atoms in total. The highest BCUT2D eigenvalue weighted by atomic mass is 16.6. The van der Waals surface area contributed by atoms with Crippen molar-refractivity contribution in [2.24, 2.45) is 0 Å². The van der Waals surface area contributed by atoms with Gasteiger partial charge in [-0.1, -0.05) is 13.3 Å². The second-order valence-electron chi connectivity index (χ2n) is 3.33. The molecule has 8 heteroatoms. The second-order valence-corrected chi connectivity index (χ2v) is 3.33. The summed E-state index contributed by atoms with van der Waals surface area (Å²) >= 11 is 0. The molecule has 0 saturated heterocycles. The first-order valence-electron chi connectivity index (χ1n) is 5.19. The van der Waals surface area contributed by atoms with E-state index in [9.17, 15) is 10.1 Å². The highest BCUT2D eigenvalue weighted by Gasteiger charge is 2.24. The monoisotopic (exact) mass is 241 g/mol. The first-order valence-corrected chi connectivity index (χ1v) is 5.19. The summed E-state index contributed by atoms with van der Waals surface area (Å²) in [5.41, 5.74) is 5.15. The van der Waals surface area contributed by atoms with Gasteiger partial charge < -0.3 is 15.8 Å². The second kappa shape index (κ2) is 5.83.